The maximum Gasteiger partial charge on any atom is 0.251 e. The molecule has 1 aromatic rings. The molecular weight excluding hydrogens is 308 g/mol. The van der Waals surface area contributed by atoms with E-state index in [4.69, 9.17) is 5.73 Å². The Morgan fingerprint density at radius 1 is 1.30 bits per heavy atom. The first-order valence-electron chi connectivity index (χ1n) is 8.73. The largest absolute Gasteiger partial charge is 0.365 e. The average Bonchev–Trinajstić information content (AvgIpc) is 2.83. The van der Waals surface area contributed by atoms with Gasteiger partial charge in [0.2, 0.25) is 5.91 Å². The van der Waals surface area contributed by atoms with Crippen LogP contribution in [0.1, 0.15) is 73.7 Å². The minimum atomic E-state index is -0.421. The summed E-state index contributed by atoms with van der Waals surface area (Å²) in [6.07, 6.45) is 6.67. The van der Waals surface area contributed by atoms with Crippen molar-refractivity contribution in [3.8, 4) is 0 Å². The molecule has 0 fully saturated rings. The summed E-state index contributed by atoms with van der Waals surface area (Å²) in [7, 11) is 0. The molecule has 1 unspecified atom stereocenters. The number of anilines is 1. The van der Waals surface area contributed by atoms with Gasteiger partial charge in [0, 0.05) is 10.8 Å². The lowest BCUT2D eigenvalue weighted by molar-refractivity contribution is -0.120. The predicted molar refractivity (Wildman–Crippen MR) is 96.0 cm³/mol. The van der Waals surface area contributed by atoms with E-state index in [0.29, 0.717) is 16.5 Å². The van der Waals surface area contributed by atoms with E-state index in [1.165, 1.54) is 4.88 Å². The highest BCUT2D eigenvalue weighted by molar-refractivity contribution is 7.17. The zero-order valence-corrected chi connectivity index (χ0v) is 15.2. The van der Waals surface area contributed by atoms with Crippen LogP contribution in [0, 0.1) is 11.8 Å². The molecular formula is C18H28N2O2S. The smallest absolute Gasteiger partial charge is 0.251 e. The Labute approximate surface area is 142 Å². The average molecular weight is 337 g/mol. The van der Waals surface area contributed by atoms with Crippen LogP contribution >= 0.6 is 11.3 Å². The molecule has 23 heavy (non-hydrogen) atoms. The van der Waals surface area contributed by atoms with Crippen molar-refractivity contribution in [3.63, 3.8) is 0 Å². The zero-order chi connectivity index (χ0) is 17.0. The van der Waals surface area contributed by atoms with E-state index in [2.05, 4.69) is 26.1 Å². The summed E-state index contributed by atoms with van der Waals surface area (Å²) in [6, 6.07) is 0. The van der Waals surface area contributed by atoms with Crippen LogP contribution < -0.4 is 11.1 Å². The molecule has 0 aromatic carbocycles. The Morgan fingerprint density at radius 3 is 2.52 bits per heavy atom. The standard InChI is InChI=1S/C18H28N2O2S/c1-4-6-12(7-5-2)17(22)20-18-15(16(19)21)13-9-8-11(3)10-14(13)23-18/h11-12H,4-10H2,1-3H3,(H2,19,21)(H,20,22). The molecule has 0 aliphatic heterocycles. The van der Waals surface area contributed by atoms with E-state index in [9.17, 15) is 9.59 Å². The summed E-state index contributed by atoms with van der Waals surface area (Å²) in [5.74, 6) is 0.250. The van der Waals surface area contributed by atoms with Gasteiger partial charge in [0.25, 0.3) is 5.91 Å². The van der Waals surface area contributed by atoms with Gasteiger partial charge in [0.1, 0.15) is 5.00 Å². The van der Waals surface area contributed by atoms with Gasteiger partial charge in [-0.1, -0.05) is 33.6 Å². The summed E-state index contributed by atoms with van der Waals surface area (Å²) in [4.78, 5) is 25.7. The number of carbonyl (C=O) groups is 2. The SMILES string of the molecule is CCCC(CCC)C(=O)Nc1sc2c(c1C(N)=O)CCC(C)C2. The van der Waals surface area contributed by atoms with Gasteiger partial charge in [-0.05, 0) is 43.6 Å². The first-order valence-corrected chi connectivity index (χ1v) is 9.54. The van der Waals surface area contributed by atoms with Crippen LogP contribution in [-0.2, 0) is 17.6 Å². The van der Waals surface area contributed by atoms with Crippen LogP contribution in [-0.4, -0.2) is 11.8 Å². The molecule has 0 radical (unpaired) electrons. The van der Waals surface area contributed by atoms with Crippen molar-refractivity contribution in [1.29, 1.82) is 0 Å². The first-order chi connectivity index (χ1) is 11.0. The molecule has 0 spiro atoms. The van der Waals surface area contributed by atoms with Gasteiger partial charge < -0.3 is 11.1 Å². The van der Waals surface area contributed by atoms with Crippen molar-refractivity contribution in [2.75, 3.05) is 5.32 Å². The third-order valence-corrected chi connectivity index (χ3v) is 5.81. The van der Waals surface area contributed by atoms with Gasteiger partial charge in [-0.2, -0.15) is 0 Å². The molecule has 2 rings (SSSR count). The molecule has 1 aliphatic carbocycles. The number of primary amides is 1. The number of carbonyl (C=O) groups excluding carboxylic acids is 2. The fourth-order valence-electron chi connectivity index (χ4n) is 3.42. The number of nitrogens with one attached hydrogen (secondary N) is 1. The highest BCUT2D eigenvalue weighted by Crippen LogP contribution is 2.39. The molecule has 0 saturated heterocycles. The van der Waals surface area contributed by atoms with Gasteiger partial charge >= 0.3 is 0 Å². The summed E-state index contributed by atoms with van der Waals surface area (Å²) < 4.78 is 0. The number of fused-ring (bicyclic) bond motifs is 1. The third-order valence-electron chi connectivity index (χ3n) is 4.64. The first kappa shape index (κ1) is 18.0. The predicted octanol–water partition coefficient (Wildman–Crippen LogP) is 4.13. The van der Waals surface area contributed by atoms with Crippen LogP contribution in [0.3, 0.4) is 0 Å². The van der Waals surface area contributed by atoms with Crippen LogP contribution in [0.5, 0.6) is 0 Å². The summed E-state index contributed by atoms with van der Waals surface area (Å²) in [5, 5.41) is 3.68. The van der Waals surface area contributed by atoms with Crippen LogP contribution in [0.15, 0.2) is 0 Å². The number of thiophene rings is 1. The van der Waals surface area contributed by atoms with E-state index in [1.807, 2.05) is 0 Å². The lowest BCUT2D eigenvalue weighted by Crippen LogP contribution is -2.24. The molecule has 0 bridgehead atoms. The minimum absolute atomic E-state index is 0.0174. The minimum Gasteiger partial charge on any atom is -0.365 e. The number of rotatable bonds is 7. The van der Waals surface area contributed by atoms with Crippen molar-refractivity contribution in [3.05, 3.63) is 16.0 Å². The number of hydrogen-bond acceptors (Lipinski definition) is 3. The number of nitrogens with two attached hydrogens (primary N) is 1. The van der Waals surface area contributed by atoms with Gasteiger partial charge in [-0.15, -0.1) is 11.3 Å². The number of hydrogen-bond donors (Lipinski definition) is 2. The van der Waals surface area contributed by atoms with E-state index >= 15 is 0 Å². The molecule has 5 heteroatoms. The maximum absolute atomic E-state index is 12.6. The Bertz CT molecular complexity index is 574. The quantitative estimate of drug-likeness (QED) is 0.786. The molecule has 1 heterocycles. The van der Waals surface area contributed by atoms with E-state index in [-0.39, 0.29) is 11.8 Å². The van der Waals surface area contributed by atoms with Gasteiger partial charge in [0.15, 0.2) is 0 Å². The lowest BCUT2D eigenvalue weighted by Gasteiger charge is -2.18. The van der Waals surface area contributed by atoms with Crippen molar-refractivity contribution in [2.24, 2.45) is 17.6 Å². The second kappa shape index (κ2) is 7.95. The van der Waals surface area contributed by atoms with E-state index in [1.54, 1.807) is 11.3 Å². The zero-order valence-electron chi connectivity index (χ0n) is 14.4. The van der Waals surface area contributed by atoms with Crippen molar-refractivity contribution >= 4 is 28.2 Å². The molecule has 4 nitrogen and oxygen atoms in total. The maximum atomic E-state index is 12.6. The van der Waals surface area contributed by atoms with E-state index in [0.717, 1.165) is 50.5 Å². The summed E-state index contributed by atoms with van der Waals surface area (Å²) >= 11 is 1.54. The Morgan fingerprint density at radius 2 is 1.96 bits per heavy atom. The normalized spacial score (nSPS) is 17.1. The Balaban J connectivity index is 2.25. The third kappa shape index (κ3) is 4.14. The summed E-state index contributed by atoms with van der Waals surface area (Å²) in [5.41, 5.74) is 7.22. The van der Waals surface area contributed by atoms with Crippen molar-refractivity contribution in [2.45, 2.75) is 65.7 Å². The highest BCUT2D eigenvalue weighted by Gasteiger charge is 2.28. The molecule has 128 valence electrons. The van der Waals surface area contributed by atoms with Gasteiger partial charge in [-0.25, -0.2) is 0 Å². The summed E-state index contributed by atoms with van der Waals surface area (Å²) in [6.45, 7) is 6.41. The fraction of sp³-hybridized carbons (Fsp3) is 0.667. The second-order valence-corrected chi connectivity index (χ2v) is 7.79. The molecule has 1 aromatic heterocycles. The van der Waals surface area contributed by atoms with E-state index < -0.39 is 5.91 Å². The molecule has 1 atom stereocenters. The molecule has 3 N–H and O–H groups in total. The van der Waals surface area contributed by atoms with Crippen LogP contribution in [0.4, 0.5) is 5.00 Å². The van der Waals surface area contributed by atoms with Crippen LogP contribution in [0.25, 0.3) is 0 Å². The molecule has 2 amide bonds. The lowest BCUT2D eigenvalue weighted by atomic mass is 9.88. The van der Waals surface area contributed by atoms with Crippen LogP contribution in [0.2, 0.25) is 0 Å². The molecule has 0 saturated carbocycles. The Hall–Kier alpha value is -1.36. The molecule has 1 aliphatic rings. The second-order valence-electron chi connectivity index (χ2n) is 6.68. The van der Waals surface area contributed by atoms with Crippen molar-refractivity contribution in [1.82, 2.24) is 0 Å². The Kier molecular flexibility index (Phi) is 6.22. The monoisotopic (exact) mass is 336 g/mol. The fourth-order valence-corrected chi connectivity index (χ4v) is 4.84. The van der Waals surface area contributed by atoms with Gasteiger partial charge in [-0.3, -0.25) is 9.59 Å². The van der Waals surface area contributed by atoms with Crippen molar-refractivity contribution < 1.29 is 9.59 Å². The highest BCUT2D eigenvalue weighted by atomic mass is 32.1. The topological polar surface area (TPSA) is 72.2 Å². The van der Waals surface area contributed by atoms with Gasteiger partial charge in [0.05, 0.1) is 5.56 Å². The number of amides is 2.